The molecule has 0 fully saturated rings. The molecule has 0 aliphatic rings. The molecule has 150 valence electrons. The molecule has 3 aromatic carbocycles. The Morgan fingerprint density at radius 2 is 1.48 bits per heavy atom. The first-order chi connectivity index (χ1) is 14.3. The summed E-state index contributed by atoms with van der Waals surface area (Å²) in [6, 6.07) is 27.5. The molecule has 3 aromatic rings. The minimum atomic E-state index is -0.683. The van der Waals surface area contributed by atoms with Crippen molar-refractivity contribution in [3.05, 3.63) is 84.9 Å². The fraction of sp³-hybridized carbons (Fsp3) is 0.240. The third kappa shape index (κ3) is 6.11. The van der Waals surface area contributed by atoms with Gasteiger partial charge < -0.3 is 14.4 Å². The molecule has 0 saturated heterocycles. The number of rotatable bonds is 9. The summed E-state index contributed by atoms with van der Waals surface area (Å²) < 4.78 is 10.9. The fourth-order valence-electron chi connectivity index (χ4n) is 3.13. The van der Waals surface area contributed by atoms with E-state index in [1.54, 1.807) is 6.07 Å². The highest BCUT2D eigenvalue weighted by molar-refractivity contribution is 5.74. The number of hydrogen-bond donors (Lipinski definition) is 0. The minimum absolute atomic E-state index is 0.269. The maximum absolute atomic E-state index is 12.3. The Hall–Kier alpha value is -3.27. The van der Waals surface area contributed by atoms with Crippen molar-refractivity contribution in [3.8, 4) is 16.9 Å². The topological polar surface area (TPSA) is 38.8 Å². The second kappa shape index (κ2) is 10.9. The molecule has 0 saturated carbocycles. The van der Waals surface area contributed by atoms with Gasteiger partial charge in [-0.25, -0.2) is 4.79 Å². The van der Waals surface area contributed by atoms with Gasteiger partial charge in [0, 0.05) is 17.8 Å². The predicted molar refractivity (Wildman–Crippen MR) is 117 cm³/mol. The number of nitrogens with zero attached hydrogens (tertiary/aromatic N) is 1. The average molecular weight is 389 g/mol. The molecule has 0 bridgehead atoms. The van der Waals surface area contributed by atoms with Gasteiger partial charge in [-0.05, 0) is 30.2 Å². The predicted octanol–water partition coefficient (Wildman–Crippen LogP) is 6.18. The van der Waals surface area contributed by atoms with Crippen molar-refractivity contribution in [1.82, 2.24) is 0 Å². The lowest BCUT2D eigenvalue weighted by Gasteiger charge is -2.24. The van der Waals surface area contributed by atoms with Crippen LogP contribution in [0.25, 0.3) is 11.1 Å². The molecule has 0 unspecified atom stereocenters. The van der Waals surface area contributed by atoms with Crippen LogP contribution in [0.2, 0.25) is 0 Å². The fourth-order valence-corrected chi connectivity index (χ4v) is 3.13. The van der Waals surface area contributed by atoms with Crippen molar-refractivity contribution in [1.29, 1.82) is 0 Å². The summed E-state index contributed by atoms with van der Waals surface area (Å²) in [6.07, 6.45) is 1.52. The van der Waals surface area contributed by atoms with E-state index in [0.29, 0.717) is 12.3 Å². The van der Waals surface area contributed by atoms with E-state index in [1.807, 2.05) is 66.7 Å². The zero-order chi connectivity index (χ0) is 20.3. The largest absolute Gasteiger partial charge is 0.513 e. The molecule has 0 aliphatic heterocycles. The van der Waals surface area contributed by atoms with Crippen LogP contribution < -0.4 is 9.64 Å². The lowest BCUT2D eigenvalue weighted by atomic mass is 10.1. The van der Waals surface area contributed by atoms with Crippen LogP contribution in [-0.4, -0.2) is 25.9 Å². The Morgan fingerprint density at radius 1 is 0.828 bits per heavy atom. The van der Waals surface area contributed by atoms with Gasteiger partial charge in [-0.1, -0.05) is 80.1 Å². The summed E-state index contributed by atoms with van der Waals surface area (Å²) in [4.78, 5) is 14.5. The number of hydrogen-bond acceptors (Lipinski definition) is 4. The zero-order valence-corrected chi connectivity index (χ0v) is 16.8. The molecule has 4 nitrogen and oxygen atoms in total. The third-order valence-corrected chi connectivity index (χ3v) is 4.65. The smallest absolute Gasteiger partial charge is 0.432 e. The van der Waals surface area contributed by atoms with Crippen LogP contribution in [0.15, 0.2) is 84.9 Å². The highest BCUT2D eigenvalue weighted by Gasteiger charge is 2.13. The van der Waals surface area contributed by atoms with Gasteiger partial charge in [0.05, 0.1) is 6.54 Å². The Bertz CT molecular complexity index is 881. The molecule has 0 aliphatic carbocycles. The molecule has 0 atom stereocenters. The second-order valence-electron chi connectivity index (χ2n) is 6.74. The minimum Gasteiger partial charge on any atom is -0.432 e. The van der Waals surface area contributed by atoms with Crippen molar-refractivity contribution < 1.29 is 14.3 Å². The quantitative estimate of drug-likeness (QED) is 0.324. The molecular weight excluding hydrogens is 362 g/mol. The van der Waals surface area contributed by atoms with Gasteiger partial charge in [-0.3, -0.25) is 0 Å². The van der Waals surface area contributed by atoms with Gasteiger partial charge in [0.15, 0.2) is 0 Å². The summed E-state index contributed by atoms with van der Waals surface area (Å²) in [6.45, 7) is 3.99. The van der Waals surface area contributed by atoms with Crippen LogP contribution in [0.3, 0.4) is 0 Å². The van der Waals surface area contributed by atoms with E-state index in [2.05, 4.69) is 24.0 Å². The zero-order valence-electron chi connectivity index (χ0n) is 16.8. The lowest BCUT2D eigenvalue weighted by molar-refractivity contribution is 0.101. The van der Waals surface area contributed by atoms with Crippen LogP contribution in [0.1, 0.15) is 19.8 Å². The highest BCUT2D eigenvalue weighted by atomic mass is 16.7. The molecule has 0 aromatic heterocycles. The van der Waals surface area contributed by atoms with Crippen LogP contribution in [-0.2, 0) is 4.74 Å². The van der Waals surface area contributed by atoms with Gasteiger partial charge in [0.2, 0.25) is 0 Å². The SMILES string of the molecule is CCCCN(CCOC(=O)Oc1ccccc1-c1ccccc1)c1ccccc1. The Morgan fingerprint density at radius 3 is 2.21 bits per heavy atom. The maximum Gasteiger partial charge on any atom is 0.513 e. The van der Waals surface area contributed by atoms with E-state index in [-0.39, 0.29) is 6.61 Å². The molecule has 0 heterocycles. The van der Waals surface area contributed by atoms with Crippen LogP contribution in [0.5, 0.6) is 5.75 Å². The first-order valence-electron chi connectivity index (χ1n) is 10.1. The van der Waals surface area contributed by atoms with E-state index < -0.39 is 6.16 Å². The van der Waals surface area contributed by atoms with Crippen molar-refractivity contribution in [2.45, 2.75) is 19.8 Å². The molecule has 0 spiro atoms. The molecule has 4 heteroatoms. The van der Waals surface area contributed by atoms with Crippen molar-refractivity contribution in [2.24, 2.45) is 0 Å². The number of carbonyl (C=O) groups is 1. The summed E-state index contributed by atoms with van der Waals surface area (Å²) in [5.74, 6) is 0.495. The van der Waals surface area contributed by atoms with E-state index in [1.165, 1.54) is 0 Å². The number of benzene rings is 3. The molecule has 0 amide bonds. The number of para-hydroxylation sites is 2. The van der Waals surface area contributed by atoms with E-state index in [0.717, 1.165) is 36.2 Å². The summed E-state index contributed by atoms with van der Waals surface area (Å²) in [5, 5.41) is 0. The van der Waals surface area contributed by atoms with Crippen LogP contribution in [0, 0.1) is 0 Å². The first kappa shape index (κ1) is 20.5. The van der Waals surface area contributed by atoms with Gasteiger partial charge >= 0.3 is 6.16 Å². The number of carbonyl (C=O) groups excluding carboxylic acids is 1. The van der Waals surface area contributed by atoms with Gasteiger partial charge in [0.25, 0.3) is 0 Å². The number of ether oxygens (including phenoxy) is 2. The monoisotopic (exact) mass is 389 g/mol. The molecule has 29 heavy (non-hydrogen) atoms. The normalized spacial score (nSPS) is 10.4. The van der Waals surface area contributed by atoms with E-state index in [9.17, 15) is 4.79 Å². The summed E-state index contributed by atoms with van der Waals surface area (Å²) >= 11 is 0. The van der Waals surface area contributed by atoms with Crippen LogP contribution >= 0.6 is 0 Å². The van der Waals surface area contributed by atoms with Gasteiger partial charge in [-0.2, -0.15) is 0 Å². The maximum atomic E-state index is 12.3. The Kier molecular flexibility index (Phi) is 7.70. The third-order valence-electron chi connectivity index (χ3n) is 4.65. The Balaban J connectivity index is 1.57. The van der Waals surface area contributed by atoms with Crippen molar-refractivity contribution >= 4 is 11.8 Å². The highest BCUT2D eigenvalue weighted by Crippen LogP contribution is 2.29. The molecular formula is C25H27NO3. The molecule has 3 rings (SSSR count). The van der Waals surface area contributed by atoms with E-state index in [4.69, 9.17) is 9.47 Å². The average Bonchev–Trinajstić information content (AvgIpc) is 2.77. The lowest BCUT2D eigenvalue weighted by Crippen LogP contribution is -2.29. The summed E-state index contributed by atoms with van der Waals surface area (Å²) in [7, 11) is 0. The first-order valence-corrected chi connectivity index (χ1v) is 10.1. The molecule has 0 N–H and O–H groups in total. The Labute approximate surface area is 172 Å². The second-order valence-corrected chi connectivity index (χ2v) is 6.74. The van der Waals surface area contributed by atoms with Crippen LogP contribution in [0.4, 0.5) is 10.5 Å². The van der Waals surface area contributed by atoms with Gasteiger partial charge in [-0.15, -0.1) is 0 Å². The van der Waals surface area contributed by atoms with Gasteiger partial charge in [0.1, 0.15) is 12.4 Å². The van der Waals surface area contributed by atoms with E-state index >= 15 is 0 Å². The summed E-state index contributed by atoms with van der Waals surface area (Å²) in [5.41, 5.74) is 2.98. The number of anilines is 1. The van der Waals surface area contributed by atoms with Crippen molar-refractivity contribution in [2.75, 3.05) is 24.6 Å². The standard InChI is InChI=1S/C25H27NO3/c1-2-3-18-26(22-14-8-5-9-15-22)19-20-28-25(27)29-24-17-11-10-16-23(24)21-12-6-4-7-13-21/h4-17H,2-3,18-20H2,1H3. The molecule has 0 radical (unpaired) electrons. The number of unbranched alkanes of at least 4 members (excludes halogenated alkanes) is 1. The van der Waals surface area contributed by atoms with Crippen molar-refractivity contribution in [3.63, 3.8) is 0 Å².